The molecule has 1 aromatic carbocycles. The first-order chi connectivity index (χ1) is 13.8. The summed E-state index contributed by atoms with van der Waals surface area (Å²) in [6.07, 6.45) is 1.87. The highest BCUT2D eigenvalue weighted by molar-refractivity contribution is 7.13. The van der Waals surface area contributed by atoms with E-state index >= 15 is 0 Å². The van der Waals surface area contributed by atoms with Gasteiger partial charge in [0.2, 0.25) is 11.7 Å². The van der Waals surface area contributed by atoms with Gasteiger partial charge in [-0.15, -0.1) is 11.3 Å². The SMILES string of the molecule is c1csc(-c2noc(CN3CCN(Cc4cccc5cccnc45)CC3)n2)c1. The second-order valence-electron chi connectivity index (χ2n) is 7.03. The van der Waals surface area contributed by atoms with Gasteiger partial charge in [-0.3, -0.25) is 14.8 Å². The molecule has 0 spiro atoms. The van der Waals surface area contributed by atoms with Crippen molar-refractivity contribution in [2.45, 2.75) is 13.1 Å². The monoisotopic (exact) mass is 391 g/mol. The van der Waals surface area contributed by atoms with E-state index in [9.17, 15) is 0 Å². The zero-order chi connectivity index (χ0) is 18.8. The minimum Gasteiger partial charge on any atom is -0.338 e. The second kappa shape index (κ2) is 7.79. The lowest BCUT2D eigenvalue weighted by Crippen LogP contribution is -2.45. The summed E-state index contributed by atoms with van der Waals surface area (Å²) in [6.45, 7) is 5.68. The van der Waals surface area contributed by atoms with Gasteiger partial charge < -0.3 is 4.52 Å². The molecular formula is C21H21N5OS. The van der Waals surface area contributed by atoms with Crippen molar-refractivity contribution in [3.05, 3.63) is 65.5 Å². The maximum Gasteiger partial charge on any atom is 0.241 e. The molecule has 0 aliphatic carbocycles. The highest BCUT2D eigenvalue weighted by atomic mass is 32.1. The summed E-state index contributed by atoms with van der Waals surface area (Å²) in [4.78, 5) is 15.0. The van der Waals surface area contributed by atoms with Crippen LogP contribution < -0.4 is 0 Å². The summed E-state index contributed by atoms with van der Waals surface area (Å²) >= 11 is 1.63. The molecule has 0 radical (unpaired) electrons. The summed E-state index contributed by atoms with van der Waals surface area (Å²) in [5.41, 5.74) is 2.41. The van der Waals surface area contributed by atoms with E-state index in [2.05, 4.69) is 49.2 Å². The zero-order valence-electron chi connectivity index (χ0n) is 15.5. The standard InChI is InChI=1S/C21H21N5OS/c1-4-16-6-2-8-22-20(16)17(5-1)14-25-9-11-26(12-10-25)15-19-23-21(24-27-19)18-7-3-13-28-18/h1-8,13H,9-12,14-15H2. The molecule has 0 unspecified atom stereocenters. The summed E-state index contributed by atoms with van der Waals surface area (Å²) in [5.74, 6) is 1.38. The molecule has 3 aromatic heterocycles. The van der Waals surface area contributed by atoms with E-state index in [0.29, 0.717) is 18.3 Å². The molecule has 142 valence electrons. The molecule has 0 N–H and O–H groups in total. The van der Waals surface area contributed by atoms with Crippen molar-refractivity contribution in [3.63, 3.8) is 0 Å². The van der Waals surface area contributed by atoms with Crippen LogP contribution in [0.2, 0.25) is 0 Å². The smallest absolute Gasteiger partial charge is 0.241 e. The molecule has 0 bridgehead atoms. The van der Waals surface area contributed by atoms with Crippen molar-refractivity contribution in [1.29, 1.82) is 0 Å². The molecule has 7 heteroatoms. The van der Waals surface area contributed by atoms with Gasteiger partial charge in [0.15, 0.2) is 0 Å². The minimum absolute atomic E-state index is 0.687. The Morgan fingerprint density at radius 3 is 2.57 bits per heavy atom. The number of para-hydroxylation sites is 1. The van der Waals surface area contributed by atoms with Crippen molar-refractivity contribution in [1.82, 2.24) is 24.9 Å². The van der Waals surface area contributed by atoms with Crippen LogP contribution in [0, 0.1) is 0 Å². The first kappa shape index (κ1) is 17.5. The lowest BCUT2D eigenvalue weighted by atomic mass is 10.1. The van der Waals surface area contributed by atoms with Gasteiger partial charge in [-0.25, -0.2) is 0 Å². The van der Waals surface area contributed by atoms with E-state index in [1.54, 1.807) is 11.3 Å². The largest absolute Gasteiger partial charge is 0.338 e. The molecule has 1 aliphatic rings. The Bertz CT molecular complexity index is 1050. The van der Waals surface area contributed by atoms with Crippen molar-refractivity contribution >= 4 is 22.2 Å². The predicted octanol–water partition coefficient (Wildman–Crippen LogP) is 3.66. The lowest BCUT2D eigenvalue weighted by Gasteiger charge is -2.34. The van der Waals surface area contributed by atoms with Gasteiger partial charge >= 0.3 is 0 Å². The summed E-state index contributed by atoms with van der Waals surface area (Å²) in [6, 6.07) is 14.6. The quantitative estimate of drug-likeness (QED) is 0.517. The van der Waals surface area contributed by atoms with Crippen LogP contribution in [-0.4, -0.2) is 51.1 Å². The van der Waals surface area contributed by atoms with Gasteiger partial charge in [0.05, 0.1) is 16.9 Å². The van der Waals surface area contributed by atoms with Crippen molar-refractivity contribution in [2.75, 3.05) is 26.2 Å². The Morgan fingerprint density at radius 1 is 0.929 bits per heavy atom. The number of fused-ring (bicyclic) bond motifs is 1. The molecular weight excluding hydrogens is 370 g/mol. The van der Waals surface area contributed by atoms with Gasteiger partial charge in [0.25, 0.3) is 0 Å². The zero-order valence-corrected chi connectivity index (χ0v) is 16.3. The fourth-order valence-electron chi connectivity index (χ4n) is 3.66. The summed E-state index contributed by atoms with van der Waals surface area (Å²) in [7, 11) is 0. The molecule has 0 saturated carbocycles. The van der Waals surface area contributed by atoms with Crippen LogP contribution in [0.15, 0.2) is 58.6 Å². The van der Waals surface area contributed by atoms with Gasteiger partial charge in [0.1, 0.15) is 0 Å². The molecule has 0 atom stereocenters. The van der Waals surface area contributed by atoms with Gasteiger partial charge in [0, 0.05) is 44.3 Å². The topological polar surface area (TPSA) is 58.3 Å². The number of pyridine rings is 1. The average molecular weight is 392 g/mol. The Kier molecular flexibility index (Phi) is 4.86. The molecule has 0 amide bonds. The number of aromatic nitrogens is 3. The van der Waals surface area contributed by atoms with Crippen molar-refractivity contribution in [3.8, 4) is 10.7 Å². The van der Waals surface area contributed by atoms with Crippen LogP contribution in [0.3, 0.4) is 0 Å². The number of hydrogen-bond acceptors (Lipinski definition) is 7. The van der Waals surface area contributed by atoms with Crippen molar-refractivity contribution < 1.29 is 4.52 Å². The van der Waals surface area contributed by atoms with Crippen LogP contribution >= 0.6 is 11.3 Å². The van der Waals surface area contributed by atoms with E-state index in [1.807, 2.05) is 29.8 Å². The molecule has 1 saturated heterocycles. The molecule has 5 rings (SSSR count). The average Bonchev–Trinajstić information content (AvgIpc) is 3.42. The Balaban J connectivity index is 1.19. The maximum atomic E-state index is 5.44. The molecule has 6 nitrogen and oxygen atoms in total. The van der Waals surface area contributed by atoms with Gasteiger partial charge in [-0.1, -0.05) is 35.5 Å². The van der Waals surface area contributed by atoms with Crippen molar-refractivity contribution in [2.24, 2.45) is 0 Å². The third kappa shape index (κ3) is 3.69. The lowest BCUT2D eigenvalue weighted by molar-refractivity contribution is 0.112. The first-order valence-electron chi connectivity index (χ1n) is 9.49. The van der Waals surface area contributed by atoms with E-state index < -0.39 is 0 Å². The highest BCUT2D eigenvalue weighted by Gasteiger charge is 2.20. The Labute approximate surface area is 167 Å². The molecule has 28 heavy (non-hydrogen) atoms. The number of piperazine rings is 1. The van der Waals surface area contributed by atoms with Crippen LogP contribution in [0.4, 0.5) is 0 Å². The maximum absolute atomic E-state index is 5.44. The summed E-state index contributed by atoms with van der Waals surface area (Å²) in [5, 5.41) is 7.33. The molecule has 4 heterocycles. The number of nitrogens with zero attached hydrogens (tertiary/aromatic N) is 5. The van der Waals surface area contributed by atoms with E-state index in [1.165, 1.54) is 10.9 Å². The first-order valence-corrected chi connectivity index (χ1v) is 10.4. The fourth-order valence-corrected chi connectivity index (χ4v) is 4.31. The second-order valence-corrected chi connectivity index (χ2v) is 7.98. The number of rotatable bonds is 5. The van der Waals surface area contributed by atoms with E-state index in [4.69, 9.17) is 4.52 Å². The normalized spacial score (nSPS) is 16.0. The van der Waals surface area contributed by atoms with Crippen LogP contribution in [-0.2, 0) is 13.1 Å². The van der Waals surface area contributed by atoms with E-state index in [-0.39, 0.29) is 0 Å². The fraction of sp³-hybridized carbons (Fsp3) is 0.286. The third-order valence-corrected chi connectivity index (χ3v) is 6.01. The van der Waals surface area contributed by atoms with Crippen LogP contribution in [0.25, 0.3) is 21.6 Å². The Morgan fingerprint density at radius 2 is 1.75 bits per heavy atom. The highest BCUT2D eigenvalue weighted by Crippen LogP contribution is 2.22. The summed E-state index contributed by atoms with van der Waals surface area (Å²) < 4.78 is 5.44. The third-order valence-electron chi connectivity index (χ3n) is 5.14. The molecule has 1 fully saturated rings. The number of hydrogen-bond donors (Lipinski definition) is 0. The predicted molar refractivity (Wildman–Crippen MR) is 110 cm³/mol. The molecule has 4 aromatic rings. The Hall–Kier alpha value is -2.61. The van der Waals surface area contributed by atoms with Gasteiger partial charge in [-0.05, 0) is 23.1 Å². The van der Waals surface area contributed by atoms with Gasteiger partial charge in [-0.2, -0.15) is 4.98 Å². The number of thiophene rings is 1. The van der Waals surface area contributed by atoms with Crippen LogP contribution in [0.1, 0.15) is 11.5 Å². The van der Waals surface area contributed by atoms with Crippen LogP contribution in [0.5, 0.6) is 0 Å². The molecule has 1 aliphatic heterocycles. The number of benzene rings is 1. The van der Waals surface area contributed by atoms with E-state index in [0.717, 1.165) is 43.1 Å². The minimum atomic E-state index is 0.687.